The van der Waals surface area contributed by atoms with E-state index in [9.17, 15) is 4.79 Å². The second-order valence-electron chi connectivity index (χ2n) is 4.94. The molecule has 1 aromatic heterocycles. The Labute approximate surface area is 107 Å². The predicted octanol–water partition coefficient (Wildman–Crippen LogP) is 2.27. The average Bonchev–Trinajstić information content (AvgIpc) is 2.90. The molecule has 1 unspecified atom stereocenters. The van der Waals surface area contributed by atoms with Crippen LogP contribution < -0.4 is 5.32 Å². The topological polar surface area (TPSA) is 75.1 Å². The molecule has 0 spiro atoms. The van der Waals surface area contributed by atoms with E-state index in [2.05, 4.69) is 15.3 Å². The molecule has 1 aromatic rings. The van der Waals surface area contributed by atoms with Crippen molar-refractivity contribution in [1.82, 2.24) is 9.97 Å². The fraction of sp³-hybridized carbons (Fsp3) is 0.615. The summed E-state index contributed by atoms with van der Waals surface area (Å²) in [6, 6.07) is 0. The van der Waals surface area contributed by atoms with E-state index >= 15 is 0 Å². The van der Waals surface area contributed by atoms with E-state index in [0.717, 1.165) is 0 Å². The lowest BCUT2D eigenvalue weighted by Gasteiger charge is -2.10. The second-order valence-corrected chi connectivity index (χ2v) is 4.94. The van der Waals surface area contributed by atoms with Crippen molar-refractivity contribution in [3.05, 3.63) is 18.0 Å². The smallest absolute Gasteiger partial charge is 0.308 e. The fourth-order valence-electron chi connectivity index (χ4n) is 2.23. The Morgan fingerprint density at radius 2 is 2.06 bits per heavy atom. The van der Waals surface area contributed by atoms with Crippen molar-refractivity contribution in [3.8, 4) is 0 Å². The number of anilines is 1. The highest BCUT2D eigenvalue weighted by molar-refractivity contribution is 5.70. The monoisotopic (exact) mass is 249 g/mol. The van der Waals surface area contributed by atoms with Crippen LogP contribution in [-0.2, 0) is 4.79 Å². The summed E-state index contributed by atoms with van der Waals surface area (Å²) in [7, 11) is 0. The van der Waals surface area contributed by atoms with Crippen LogP contribution in [0.1, 0.15) is 44.1 Å². The molecule has 2 N–H and O–H groups in total. The number of hydrogen-bond donors (Lipinski definition) is 2. The van der Waals surface area contributed by atoms with Crippen LogP contribution >= 0.6 is 0 Å². The summed E-state index contributed by atoms with van der Waals surface area (Å²) in [6.07, 6.45) is 8.76. The SMILES string of the molecule is CC(CNc1ncc(C2CCCC2)cn1)C(=O)O. The Kier molecular flexibility index (Phi) is 4.12. The minimum Gasteiger partial charge on any atom is -0.481 e. The highest BCUT2D eigenvalue weighted by atomic mass is 16.4. The molecule has 0 bridgehead atoms. The van der Waals surface area contributed by atoms with Gasteiger partial charge < -0.3 is 10.4 Å². The zero-order chi connectivity index (χ0) is 13.0. The first-order valence-corrected chi connectivity index (χ1v) is 6.45. The van der Waals surface area contributed by atoms with E-state index in [0.29, 0.717) is 18.4 Å². The lowest BCUT2D eigenvalue weighted by Crippen LogP contribution is -2.20. The number of rotatable bonds is 5. The molecule has 0 amide bonds. The van der Waals surface area contributed by atoms with Gasteiger partial charge in [0.05, 0.1) is 5.92 Å². The van der Waals surface area contributed by atoms with Crippen molar-refractivity contribution >= 4 is 11.9 Å². The van der Waals surface area contributed by atoms with Gasteiger partial charge in [-0.25, -0.2) is 9.97 Å². The van der Waals surface area contributed by atoms with Gasteiger partial charge >= 0.3 is 5.97 Å². The largest absolute Gasteiger partial charge is 0.481 e. The molecular formula is C13H19N3O2. The molecule has 0 saturated heterocycles. The summed E-state index contributed by atoms with van der Waals surface area (Å²) < 4.78 is 0. The van der Waals surface area contributed by atoms with Crippen LogP contribution in [0.5, 0.6) is 0 Å². The first kappa shape index (κ1) is 12.8. The first-order valence-electron chi connectivity index (χ1n) is 6.45. The van der Waals surface area contributed by atoms with Gasteiger partial charge in [0.25, 0.3) is 0 Å². The third kappa shape index (κ3) is 3.18. The molecule has 98 valence electrons. The van der Waals surface area contributed by atoms with Crippen molar-refractivity contribution in [2.45, 2.75) is 38.5 Å². The highest BCUT2D eigenvalue weighted by Gasteiger charge is 2.17. The van der Waals surface area contributed by atoms with Crippen molar-refractivity contribution in [2.24, 2.45) is 5.92 Å². The van der Waals surface area contributed by atoms with E-state index in [1.54, 1.807) is 6.92 Å². The Balaban J connectivity index is 1.89. The van der Waals surface area contributed by atoms with Gasteiger partial charge in [-0.2, -0.15) is 0 Å². The van der Waals surface area contributed by atoms with Gasteiger partial charge in [0, 0.05) is 18.9 Å². The zero-order valence-electron chi connectivity index (χ0n) is 10.6. The summed E-state index contributed by atoms with van der Waals surface area (Å²) in [6.45, 7) is 2.00. The van der Waals surface area contributed by atoms with Gasteiger partial charge in [-0.1, -0.05) is 19.8 Å². The first-order chi connectivity index (χ1) is 8.66. The quantitative estimate of drug-likeness (QED) is 0.837. The summed E-state index contributed by atoms with van der Waals surface area (Å²) >= 11 is 0. The van der Waals surface area contributed by atoms with Crippen LogP contribution in [0.4, 0.5) is 5.95 Å². The van der Waals surface area contributed by atoms with Gasteiger partial charge in [0.15, 0.2) is 0 Å². The summed E-state index contributed by atoms with van der Waals surface area (Å²) in [5.74, 6) is -0.143. The number of nitrogens with one attached hydrogen (secondary N) is 1. The normalized spacial score (nSPS) is 17.6. The molecule has 5 heteroatoms. The number of aromatic nitrogens is 2. The molecule has 2 rings (SSSR count). The van der Waals surface area contributed by atoms with Crippen LogP contribution in [0, 0.1) is 5.92 Å². The van der Waals surface area contributed by atoms with Crippen LogP contribution in [0.3, 0.4) is 0 Å². The minimum atomic E-state index is -0.815. The van der Waals surface area contributed by atoms with Gasteiger partial charge in [0.1, 0.15) is 0 Å². The fourth-order valence-corrected chi connectivity index (χ4v) is 2.23. The molecule has 0 aromatic carbocycles. The van der Waals surface area contributed by atoms with Gasteiger partial charge in [0.2, 0.25) is 5.95 Å². The molecule has 1 aliphatic rings. The third-order valence-electron chi connectivity index (χ3n) is 3.49. The zero-order valence-corrected chi connectivity index (χ0v) is 10.6. The van der Waals surface area contributed by atoms with Crippen LogP contribution in [0.15, 0.2) is 12.4 Å². The van der Waals surface area contributed by atoms with Crippen molar-refractivity contribution in [2.75, 3.05) is 11.9 Å². The summed E-state index contributed by atoms with van der Waals surface area (Å²) in [5, 5.41) is 11.7. The Morgan fingerprint density at radius 1 is 1.44 bits per heavy atom. The Hall–Kier alpha value is -1.65. The van der Waals surface area contributed by atoms with Gasteiger partial charge in [-0.05, 0) is 24.3 Å². The maximum atomic E-state index is 10.7. The Morgan fingerprint density at radius 3 is 2.61 bits per heavy atom. The molecule has 1 atom stereocenters. The maximum Gasteiger partial charge on any atom is 0.308 e. The summed E-state index contributed by atoms with van der Waals surface area (Å²) in [5.41, 5.74) is 1.20. The highest BCUT2D eigenvalue weighted by Crippen LogP contribution is 2.33. The number of nitrogens with zero attached hydrogens (tertiary/aromatic N) is 2. The van der Waals surface area contributed by atoms with Gasteiger partial charge in [-0.15, -0.1) is 0 Å². The molecule has 1 saturated carbocycles. The van der Waals surface area contributed by atoms with Crippen LogP contribution in [-0.4, -0.2) is 27.6 Å². The number of carboxylic acid groups (broad SMARTS) is 1. The van der Waals surface area contributed by atoms with Crippen molar-refractivity contribution in [1.29, 1.82) is 0 Å². The molecular weight excluding hydrogens is 230 g/mol. The number of carboxylic acids is 1. The van der Waals surface area contributed by atoms with Gasteiger partial charge in [-0.3, -0.25) is 4.79 Å². The maximum absolute atomic E-state index is 10.7. The van der Waals surface area contributed by atoms with E-state index in [1.165, 1.54) is 31.2 Å². The number of hydrogen-bond acceptors (Lipinski definition) is 4. The molecule has 1 aliphatic carbocycles. The van der Waals surface area contributed by atoms with E-state index in [4.69, 9.17) is 5.11 Å². The molecule has 1 heterocycles. The third-order valence-corrected chi connectivity index (χ3v) is 3.49. The number of carbonyl (C=O) groups is 1. The molecule has 5 nitrogen and oxygen atoms in total. The average molecular weight is 249 g/mol. The standard InChI is InChI=1S/C13H19N3O2/c1-9(12(17)18)6-14-13-15-7-11(8-16-13)10-4-2-3-5-10/h7-10H,2-6H2,1H3,(H,17,18)(H,14,15,16). The van der Waals surface area contributed by atoms with E-state index in [1.807, 2.05) is 12.4 Å². The minimum absolute atomic E-state index is 0.345. The summed E-state index contributed by atoms with van der Waals surface area (Å²) in [4.78, 5) is 19.1. The predicted molar refractivity (Wildman–Crippen MR) is 68.5 cm³/mol. The van der Waals surface area contributed by atoms with Crippen LogP contribution in [0.2, 0.25) is 0 Å². The number of aliphatic carboxylic acids is 1. The van der Waals surface area contributed by atoms with E-state index < -0.39 is 11.9 Å². The Bertz CT molecular complexity index is 399. The van der Waals surface area contributed by atoms with Crippen LogP contribution in [0.25, 0.3) is 0 Å². The molecule has 0 aliphatic heterocycles. The lowest BCUT2D eigenvalue weighted by molar-refractivity contribution is -0.140. The molecule has 0 radical (unpaired) electrons. The molecule has 18 heavy (non-hydrogen) atoms. The lowest BCUT2D eigenvalue weighted by atomic mass is 10.0. The van der Waals surface area contributed by atoms with E-state index in [-0.39, 0.29) is 0 Å². The van der Waals surface area contributed by atoms with Crippen molar-refractivity contribution < 1.29 is 9.90 Å². The second kappa shape index (κ2) is 5.80. The molecule has 1 fully saturated rings. The van der Waals surface area contributed by atoms with Crippen molar-refractivity contribution in [3.63, 3.8) is 0 Å².